The van der Waals surface area contributed by atoms with Crippen LogP contribution in [0.4, 0.5) is 4.39 Å². The van der Waals surface area contributed by atoms with E-state index in [1.165, 1.54) is 22.7 Å². The molecule has 2 unspecified atom stereocenters. The number of amides is 2. The minimum atomic E-state index is -0.668. The summed E-state index contributed by atoms with van der Waals surface area (Å²) in [4.78, 5) is 27.3. The van der Waals surface area contributed by atoms with Crippen LogP contribution in [0.25, 0.3) is 0 Å². The molecule has 31 heavy (non-hydrogen) atoms. The molecule has 2 aromatic rings. The predicted molar refractivity (Wildman–Crippen MR) is 127 cm³/mol. The Balaban J connectivity index is 2.12. The molecule has 2 atom stereocenters. The molecule has 0 saturated heterocycles. The van der Waals surface area contributed by atoms with E-state index in [-0.39, 0.29) is 35.9 Å². The van der Waals surface area contributed by atoms with E-state index in [9.17, 15) is 14.0 Å². The van der Waals surface area contributed by atoms with Gasteiger partial charge in [0.15, 0.2) is 0 Å². The van der Waals surface area contributed by atoms with E-state index in [2.05, 4.69) is 5.32 Å². The van der Waals surface area contributed by atoms with Crippen LogP contribution in [0.15, 0.2) is 42.5 Å². The molecule has 2 aromatic carbocycles. The monoisotopic (exact) mass is 484 g/mol. The van der Waals surface area contributed by atoms with Crippen LogP contribution in [-0.4, -0.2) is 34.6 Å². The average Bonchev–Trinajstić information content (AvgIpc) is 2.73. The van der Waals surface area contributed by atoms with E-state index in [0.717, 1.165) is 12.0 Å². The van der Waals surface area contributed by atoms with Gasteiger partial charge in [-0.3, -0.25) is 9.59 Å². The smallest absolute Gasteiger partial charge is 0.242 e. The van der Waals surface area contributed by atoms with Gasteiger partial charge in [0.05, 0.1) is 5.75 Å². The van der Waals surface area contributed by atoms with Gasteiger partial charge in [-0.25, -0.2) is 4.39 Å². The molecule has 0 aliphatic rings. The number of carbonyl (C=O) groups is 2. The molecule has 2 rings (SSSR count). The Morgan fingerprint density at radius 3 is 2.52 bits per heavy atom. The van der Waals surface area contributed by atoms with Gasteiger partial charge in [0.1, 0.15) is 11.9 Å². The number of halogens is 3. The van der Waals surface area contributed by atoms with E-state index in [4.69, 9.17) is 23.2 Å². The van der Waals surface area contributed by atoms with Gasteiger partial charge in [-0.1, -0.05) is 48.3 Å². The van der Waals surface area contributed by atoms with Gasteiger partial charge in [0, 0.05) is 33.9 Å². The molecule has 0 aromatic heterocycles. The number of nitrogens with zero attached hydrogens (tertiary/aromatic N) is 1. The second kappa shape index (κ2) is 12.3. The standard InChI is InChI=1S/C23H27Cl2FN2O2S/c1-4-15(2)27-23(30)16(3)28(12-17-7-5-8-18(24)11-17)22(29)14-31-13-19-20(25)9-6-10-21(19)26/h5-11,15-16H,4,12-14H2,1-3H3,(H,27,30). The maximum absolute atomic E-state index is 14.0. The Morgan fingerprint density at radius 1 is 1.16 bits per heavy atom. The molecule has 0 spiro atoms. The summed E-state index contributed by atoms with van der Waals surface area (Å²) < 4.78 is 14.0. The zero-order valence-corrected chi connectivity index (χ0v) is 20.2. The molecular weight excluding hydrogens is 458 g/mol. The van der Waals surface area contributed by atoms with Crippen LogP contribution >= 0.6 is 35.0 Å². The molecule has 0 heterocycles. The van der Waals surface area contributed by atoms with E-state index in [0.29, 0.717) is 15.6 Å². The lowest BCUT2D eigenvalue weighted by Gasteiger charge is -2.29. The van der Waals surface area contributed by atoms with E-state index in [1.54, 1.807) is 37.3 Å². The highest BCUT2D eigenvalue weighted by atomic mass is 35.5. The Labute approximate surface area is 197 Å². The van der Waals surface area contributed by atoms with Gasteiger partial charge < -0.3 is 10.2 Å². The van der Waals surface area contributed by atoms with Crippen LogP contribution in [0, 0.1) is 5.82 Å². The fraction of sp³-hybridized carbons (Fsp3) is 0.391. The molecule has 0 fully saturated rings. The molecule has 0 radical (unpaired) electrons. The minimum Gasteiger partial charge on any atom is -0.352 e. The predicted octanol–water partition coefficient (Wildman–Crippen LogP) is 5.70. The molecule has 0 aliphatic carbocycles. The first kappa shape index (κ1) is 25.5. The lowest BCUT2D eigenvalue weighted by atomic mass is 10.1. The first-order valence-corrected chi connectivity index (χ1v) is 12.0. The number of thioether (sulfide) groups is 1. The Morgan fingerprint density at radius 2 is 1.87 bits per heavy atom. The van der Waals surface area contributed by atoms with Crippen molar-refractivity contribution in [1.29, 1.82) is 0 Å². The lowest BCUT2D eigenvalue weighted by Crippen LogP contribution is -2.50. The zero-order chi connectivity index (χ0) is 23.0. The molecule has 0 bridgehead atoms. The van der Waals surface area contributed by atoms with Crippen LogP contribution in [0.1, 0.15) is 38.3 Å². The van der Waals surface area contributed by atoms with Gasteiger partial charge in [-0.2, -0.15) is 0 Å². The van der Waals surface area contributed by atoms with Crippen LogP contribution in [0.3, 0.4) is 0 Å². The summed E-state index contributed by atoms with van der Waals surface area (Å²) in [7, 11) is 0. The SMILES string of the molecule is CCC(C)NC(=O)C(C)N(Cc1cccc(Cl)c1)C(=O)CSCc1c(F)cccc1Cl. The number of hydrogen-bond donors (Lipinski definition) is 1. The second-order valence-corrected chi connectivity index (χ2v) is 9.17. The average molecular weight is 485 g/mol. The molecule has 2 amide bonds. The molecular formula is C23H27Cl2FN2O2S. The fourth-order valence-electron chi connectivity index (χ4n) is 2.87. The van der Waals surface area contributed by atoms with Crippen molar-refractivity contribution in [3.8, 4) is 0 Å². The number of hydrogen-bond acceptors (Lipinski definition) is 3. The van der Waals surface area contributed by atoms with Gasteiger partial charge in [-0.15, -0.1) is 11.8 Å². The summed E-state index contributed by atoms with van der Waals surface area (Å²) in [6.45, 7) is 5.85. The number of benzene rings is 2. The molecule has 8 heteroatoms. The Bertz CT molecular complexity index is 893. The maximum atomic E-state index is 14.0. The fourth-order valence-corrected chi connectivity index (χ4v) is 4.34. The summed E-state index contributed by atoms with van der Waals surface area (Å²) in [6, 6.07) is 11.0. The summed E-state index contributed by atoms with van der Waals surface area (Å²) in [6.07, 6.45) is 0.792. The third kappa shape index (κ3) is 7.70. The summed E-state index contributed by atoms with van der Waals surface area (Å²) >= 11 is 13.4. The second-order valence-electron chi connectivity index (χ2n) is 7.34. The van der Waals surface area contributed by atoms with Crippen LogP contribution < -0.4 is 5.32 Å². The van der Waals surface area contributed by atoms with Crippen molar-refractivity contribution in [2.75, 3.05) is 5.75 Å². The van der Waals surface area contributed by atoms with Gasteiger partial charge in [0.25, 0.3) is 0 Å². The minimum absolute atomic E-state index is 0.00986. The van der Waals surface area contributed by atoms with Crippen molar-refractivity contribution in [3.05, 3.63) is 69.5 Å². The normalized spacial score (nSPS) is 12.8. The highest BCUT2D eigenvalue weighted by Gasteiger charge is 2.27. The van der Waals surface area contributed by atoms with Crippen LogP contribution in [-0.2, 0) is 21.9 Å². The van der Waals surface area contributed by atoms with Crippen molar-refractivity contribution in [2.45, 2.75) is 51.6 Å². The van der Waals surface area contributed by atoms with Crippen molar-refractivity contribution in [2.24, 2.45) is 0 Å². The van der Waals surface area contributed by atoms with Crippen molar-refractivity contribution < 1.29 is 14.0 Å². The van der Waals surface area contributed by atoms with Crippen molar-refractivity contribution in [3.63, 3.8) is 0 Å². The van der Waals surface area contributed by atoms with Crippen molar-refractivity contribution in [1.82, 2.24) is 10.2 Å². The Kier molecular flexibility index (Phi) is 10.1. The van der Waals surface area contributed by atoms with Crippen LogP contribution in [0.2, 0.25) is 10.0 Å². The number of nitrogens with one attached hydrogen (secondary N) is 1. The zero-order valence-electron chi connectivity index (χ0n) is 17.8. The van der Waals surface area contributed by atoms with Gasteiger partial charge in [0.2, 0.25) is 11.8 Å². The lowest BCUT2D eigenvalue weighted by molar-refractivity contribution is -0.138. The largest absolute Gasteiger partial charge is 0.352 e. The third-order valence-electron chi connectivity index (χ3n) is 4.94. The van der Waals surface area contributed by atoms with Gasteiger partial charge >= 0.3 is 0 Å². The Hall–Kier alpha value is -1.76. The van der Waals surface area contributed by atoms with E-state index in [1.807, 2.05) is 19.9 Å². The molecule has 1 N–H and O–H groups in total. The molecule has 0 saturated carbocycles. The summed E-state index contributed by atoms with van der Waals surface area (Å²) in [5, 5.41) is 3.82. The summed E-state index contributed by atoms with van der Waals surface area (Å²) in [5.41, 5.74) is 1.19. The van der Waals surface area contributed by atoms with Crippen LogP contribution in [0.5, 0.6) is 0 Å². The molecule has 0 aliphatic heterocycles. The first-order valence-electron chi connectivity index (χ1n) is 10.1. The van der Waals surface area contributed by atoms with E-state index < -0.39 is 11.9 Å². The third-order valence-corrected chi connectivity index (χ3v) is 6.48. The maximum Gasteiger partial charge on any atom is 0.242 e. The topological polar surface area (TPSA) is 49.4 Å². The quantitative estimate of drug-likeness (QED) is 0.470. The molecule has 168 valence electrons. The molecule has 4 nitrogen and oxygen atoms in total. The highest BCUT2D eigenvalue weighted by molar-refractivity contribution is 7.99. The summed E-state index contributed by atoms with van der Waals surface area (Å²) in [5.74, 6) is -0.484. The van der Waals surface area contributed by atoms with Gasteiger partial charge in [-0.05, 0) is 50.1 Å². The number of rotatable bonds is 10. The van der Waals surface area contributed by atoms with E-state index >= 15 is 0 Å². The first-order chi connectivity index (χ1) is 14.7. The number of carbonyl (C=O) groups excluding carboxylic acids is 2. The highest BCUT2D eigenvalue weighted by Crippen LogP contribution is 2.24. The van der Waals surface area contributed by atoms with Crippen molar-refractivity contribution >= 4 is 46.8 Å².